The Morgan fingerprint density at radius 2 is 2.35 bits per heavy atom. The van der Waals surface area contributed by atoms with E-state index in [0.717, 1.165) is 0 Å². The first-order chi connectivity index (χ1) is 8.15. The van der Waals surface area contributed by atoms with Gasteiger partial charge in [-0.25, -0.2) is 4.79 Å². The summed E-state index contributed by atoms with van der Waals surface area (Å²) in [6, 6.07) is 6.71. The molecule has 0 unspecified atom stereocenters. The number of nitrogens with zero attached hydrogens (tertiary/aromatic N) is 1. The number of carbonyl (C=O) groups excluding carboxylic acids is 2. The normalized spacial score (nSPS) is 14.6. The van der Waals surface area contributed by atoms with Crippen molar-refractivity contribution >= 4 is 23.3 Å². The first-order valence-corrected chi connectivity index (χ1v) is 5.33. The predicted molar refractivity (Wildman–Crippen MR) is 64.5 cm³/mol. The lowest BCUT2D eigenvalue weighted by Crippen LogP contribution is -2.35. The maximum atomic E-state index is 11.7. The number of hydrogen-bond donors (Lipinski definition) is 3. The number of urea groups is 1. The lowest BCUT2D eigenvalue weighted by atomic mass is 10.3. The van der Waals surface area contributed by atoms with Crippen LogP contribution in [-0.2, 0) is 4.79 Å². The molecule has 1 aromatic rings. The molecule has 1 fully saturated rings. The van der Waals surface area contributed by atoms with Gasteiger partial charge in [-0.15, -0.1) is 0 Å². The number of carbonyl (C=O) groups is 2. The van der Waals surface area contributed by atoms with Crippen LogP contribution in [0.2, 0.25) is 0 Å². The highest BCUT2D eigenvalue weighted by Gasteiger charge is 2.21. The summed E-state index contributed by atoms with van der Waals surface area (Å²) in [6.45, 7) is 1.20. The van der Waals surface area contributed by atoms with Crippen LogP contribution in [0.4, 0.5) is 16.2 Å². The third kappa shape index (κ3) is 2.87. The van der Waals surface area contributed by atoms with E-state index in [-0.39, 0.29) is 18.5 Å². The molecule has 0 bridgehead atoms. The number of anilines is 2. The van der Waals surface area contributed by atoms with Crippen molar-refractivity contribution in [2.75, 3.05) is 30.7 Å². The van der Waals surface area contributed by atoms with E-state index in [9.17, 15) is 9.59 Å². The van der Waals surface area contributed by atoms with Crippen LogP contribution in [0.3, 0.4) is 0 Å². The molecule has 4 N–H and O–H groups in total. The molecule has 0 aromatic heterocycles. The summed E-state index contributed by atoms with van der Waals surface area (Å²) >= 11 is 0. The van der Waals surface area contributed by atoms with Crippen molar-refractivity contribution in [1.82, 2.24) is 10.2 Å². The summed E-state index contributed by atoms with van der Waals surface area (Å²) < 4.78 is 0. The van der Waals surface area contributed by atoms with Gasteiger partial charge in [-0.2, -0.15) is 0 Å². The average Bonchev–Trinajstić information content (AvgIpc) is 2.64. The molecule has 0 spiro atoms. The van der Waals surface area contributed by atoms with Gasteiger partial charge in [-0.3, -0.25) is 4.79 Å². The largest absolute Gasteiger partial charge is 0.399 e. The average molecular weight is 234 g/mol. The second-order valence-corrected chi connectivity index (χ2v) is 3.83. The Balaban J connectivity index is 1.91. The third-order valence-electron chi connectivity index (χ3n) is 2.45. The molecule has 1 aliphatic rings. The van der Waals surface area contributed by atoms with Crippen LogP contribution in [-0.4, -0.2) is 36.5 Å². The highest BCUT2D eigenvalue weighted by Crippen LogP contribution is 2.11. The van der Waals surface area contributed by atoms with Crippen LogP contribution in [0.5, 0.6) is 0 Å². The maximum absolute atomic E-state index is 11.7. The van der Waals surface area contributed by atoms with Gasteiger partial charge >= 0.3 is 6.03 Å². The number of nitrogen functional groups attached to an aromatic ring is 1. The van der Waals surface area contributed by atoms with Crippen molar-refractivity contribution in [3.63, 3.8) is 0 Å². The first kappa shape index (κ1) is 11.3. The van der Waals surface area contributed by atoms with E-state index >= 15 is 0 Å². The molecular weight excluding hydrogens is 220 g/mol. The van der Waals surface area contributed by atoms with Crippen LogP contribution in [0.1, 0.15) is 0 Å². The molecule has 17 heavy (non-hydrogen) atoms. The zero-order valence-electron chi connectivity index (χ0n) is 9.27. The van der Waals surface area contributed by atoms with Gasteiger partial charge in [-0.05, 0) is 18.2 Å². The Kier molecular flexibility index (Phi) is 3.13. The molecule has 6 nitrogen and oxygen atoms in total. The lowest BCUT2D eigenvalue weighted by molar-refractivity contribution is -0.116. The summed E-state index contributed by atoms with van der Waals surface area (Å²) in [5, 5.41) is 5.32. The van der Waals surface area contributed by atoms with Crippen LogP contribution in [0.25, 0.3) is 0 Å². The quantitative estimate of drug-likeness (QED) is 0.654. The lowest BCUT2D eigenvalue weighted by Gasteiger charge is -2.13. The number of amides is 3. The van der Waals surface area contributed by atoms with Crippen LogP contribution in [0, 0.1) is 0 Å². The zero-order valence-corrected chi connectivity index (χ0v) is 9.27. The van der Waals surface area contributed by atoms with E-state index in [4.69, 9.17) is 5.73 Å². The molecule has 6 heteroatoms. The van der Waals surface area contributed by atoms with E-state index in [1.807, 2.05) is 0 Å². The van der Waals surface area contributed by atoms with Crippen molar-refractivity contribution in [1.29, 1.82) is 0 Å². The number of rotatable bonds is 3. The highest BCUT2D eigenvalue weighted by molar-refractivity contribution is 5.94. The molecule has 1 aromatic carbocycles. The van der Waals surface area contributed by atoms with Crippen molar-refractivity contribution < 1.29 is 9.59 Å². The molecule has 1 aliphatic heterocycles. The fourth-order valence-electron chi connectivity index (χ4n) is 1.65. The van der Waals surface area contributed by atoms with Gasteiger partial charge in [-0.1, -0.05) is 6.07 Å². The standard InChI is InChI=1S/C11H14N4O2/c12-8-2-1-3-9(6-8)14-10(16)7-15-5-4-13-11(15)17/h1-3,6H,4-5,7,12H2,(H,13,17)(H,14,16). The minimum atomic E-state index is -0.229. The smallest absolute Gasteiger partial charge is 0.317 e. The topological polar surface area (TPSA) is 87.5 Å². The van der Waals surface area contributed by atoms with Crippen molar-refractivity contribution in [3.05, 3.63) is 24.3 Å². The summed E-state index contributed by atoms with van der Waals surface area (Å²) in [4.78, 5) is 24.3. The Hall–Kier alpha value is -2.24. The molecule has 0 atom stereocenters. The van der Waals surface area contributed by atoms with E-state index in [1.54, 1.807) is 24.3 Å². The van der Waals surface area contributed by atoms with Gasteiger partial charge in [0.2, 0.25) is 5.91 Å². The molecular formula is C11H14N4O2. The number of benzene rings is 1. The summed E-state index contributed by atoms with van der Waals surface area (Å²) in [5.41, 5.74) is 6.81. The van der Waals surface area contributed by atoms with Gasteiger partial charge in [0, 0.05) is 24.5 Å². The van der Waals surface area contributed by atoms with Crippen molar-refractivity contribution in [3.8, 4) is 0 Å². The minimum Gasteiger partial charge on any atom is -0.399 e. The van der Waals surface area contributed by atoms with E-state index < -0.39 is 0 Å². The maximum Gasteiger partial charge on any atom is 0.317 e. The SMILES string of the molecule is Nc1cccc(NC(=O)CN2CCNC2=O)c1. The van der Waals surface area contributed by atoms with Crippen molar-refractivity contribution in [2.24, 2.45) is 0 Å². The predicted octanol–water partition coefficient (Wildman–Crippen LogP) is 0.232. The Morgan fingerprint density at radius 1 is 1.53 bits per heavy atom. The molecule has 3 amide bonds. The number of nitrogens with one attached hydrogen (secondary N) is 2. The van der Waals surface area contributed by atoms with E-state index in [0.29, 0.717) is 24.5 Å². The third-order valence-corrected chi connectivity index (χ3v) is 2.45. The molecule has 1 saturated heterocycles. The summed E-state index contributed by atoms with van der Waals surface area (Å²) in [7, 11) is 0. The minimum absolute atomic E-state index is 0.0562. The van der Waals surface area contributed by atoms with Gasteiger partial charge in [0.1, 0.15) is 6.54 Å². The summed E-state index contributed by atoms with van der Waals surface area (Å²) in [6.07, 6.45) is 0. The monoisotopic (exact) mass is 234 g/mol. The number of nitrogens with two attached hydrogens (primary N) is 1. The molecule has 1 heterocycles. The molecule has 0 saturated carbocycles. The zero-order chi connectivity index (χ0) is 12.3. The second-order valence-electron chi connectivity index (χ2n) is 3.83. The Morgan fingerprint density at radius 3 is 3.00 bits per heavy atom. The molecule has 0 aliphatic carbocycles. The number of hydrogen-bond acceptors (Lipinski definition) is 3. The molecule has 90 valence electrons. The molecule has 0 radical (unpaired) electrons. The van der Waals surface area contributed by atoms with Gasteiger partial charge < -0.3 is 21.3 Å². The fourth-order valence-corrected chi connectivity index (χ4v) is 1.65. The summed E-state index contributed by atoms with van der Waals surface area (Å²) in [5.74, 6) is -0.229. The fraction of sp³-hybridized carbons (Fsp3) is 0.273. The van der Waals surface area contributed by atoms with Crippen molar-refractivity contribution in [2.45, 2.75) is 0 Å². The Bertz CT molecular complexity index is 447. The van der Waals surface area contributed by atoms with Gasteiger partial charge in [0.05, 0.1) is 0 Å². The van der Waals surface area contributed by atoms with Gasteiger partial charge in [0.15, 0.2) is 0 Å². The molecule has 2 rings (SSSR count). The first-order valence-electron chi connectivity index (χ1n) is 5.33. The van der Waals surface area contributed by atoms with Crippen LogP contribution in [0.15, 0.2) is 24.3 Å². The van der Waals surface area contributed by atoms with Crippen LogP contribution >= 0.6 is 0 Å². The van der Waals surface area contributed by atoms with Crippen LogP contribution < -0.4 is 16.4 Å². The second kappa shape index (κ2) is 4.73. The highest BCUT2D eigenvalue weighted by atomic mass is 16.2. The van der Waals surface area contributed by atoms with E-state index in [2.05, 4.69) is 10.6 Å². The van der Waals surface area contributed by atoms with E-state index in [1.165, 1.54) is 4.90 Å². The van der Waals surface area contributed by atoms with Gasteiger partial charge in [0.25, 0.3) is 0 Å². The Labute approximate surface area is 98.8 Å².